The predicted molar refractivity (Wildman–Crippen MR) is 131 cm³/mol. The molecule has 0 unspecified atom stereocenters. The summed E-state index contributed by atoms with van der Waals surface area (Å²) >= 11 is 0. The van der Waals surface area contributed by atoms with Crippen molar-refractivity contribution in [3.63, 3.8) is 0 Å². The maximum absolute atomic E-state index is 8.53. The van der Waals surface area contributed by atoms with Crippen LogP contribution in [0, 0.1) is 12.3 Å². The first-order valence-corrected chi connectivity index (χ1v) is 11.0. The third-order valence-corrected chi connectivity index (χ3v) is 5.74. The number of pyridine rings is 2. The largest absolute Gasteiger partial charge is 0.455 e. The molecular formula is C29H29N2O+. The SMILES string of the molecule is [2H]C([2H])(c1ccc(-c2cc[n+](C)c(-c3c(C)ccc4c3oc3ccccc34)c2)nc1)C(C)(C)C. The quantitative estimate of drug-likeness (QED) is 0.291. The lowest BCUT2D eigenvalue weighted by Crippen LogP contribution is -2.30. The van der Waals surface area contributed by atoms with Gasteiger partial charge < -0.3 is 4.42 Å². The second-order valence-corrected chi connectivity index (χ2v) is 9.45. The van der Waals surface area contributed by atoms with Gasteiger partial charge in [0.1, 0.15) is 18.2 Å². The molecule has 0 aliphatic rings. The molecule has 0 spiro atoms. The standard InChI is InChI=1S/C29H29N2O/c1-19-10-12-23-22-8-6-7-9-26(22)32-28(23)27(19)25-16-21(14-15-31(25)5)24-13-11-20(18-30-24)17-29(2,3)4/h6-16,18H,17H2,1-5H3/q+1/i17D2. The Morgan fingerprint density at radius 1 is 1.00 bits per heavy atom. The number of benzene rings is 2. The van der Waals surface area contributed by atoms with E-state index in [4.69, 9.17) is 7.16 Å². The fourth-order valence-electron chi connectivity index (χ4n) is 4.25. The number of para-hydroxylation sites is 1. The van der Waals surface area contributed by atoms with Crippen LogP contribution in [0.25, 0.3) is 44.5 Å². The van der Waals surface area contributed by atoms with E-state index in [0.29, 0.717) is 5.56 Å². The van der Waals surface area contributed by atoms with E-state index < -0.39 is 11.8 Å². The summed E-state index contributed by atoms with van der Waals surface area (Å²) < 4.78 is 25.5. The smallest absolute Gasteiger partial charge is 0.217 e. The molecule has 0 saturated heterocycles. The first-order valence-electron chi connectivity index (χ1n) is 12.0. The lowest BCUT2D eigenvalue weighted by Gasteiger charge is -2.17. The molecule has 0 bridgehead atoms. The van der Waals surface area contributed by atoms with Crippen LogP contribution in [0.15, 0.2) is 77.5 Å². The summed E-state index contributed by atoms with van der Waals surface area (Å²) in [6.45, 7) is 7.83. The first-order chi connectivity index (χ1) is 16.1. The molecule has 0 N–H and O–H groups in total. The molecule has 3 heteroatoms. The van der Waals surface area contributed by atoms with E-state index in [1.54, 1.807) is 6.20 Å². The maximum Gasteiger partial charge on any atom is 0.217 e. The maximum atomic E-state index is 8.53. The number of aromatic nitrogens is 2. The van der Waals surface area contributed by atoms with Crippen LogP contribution in [0.4, 0.5) is 0 Å². The van der Waals surface area contributed by atoms with E-state index in [0.717, 1.165) is 50.0 Å². The van der Waals surface area contributed by atoms with Gasteiger partial charge in [-0.1, -0.05) is 57.2 Å². The van der Waals surface area contributed by atoms with Crippen LogP contribution in [0.2, 0.25) is 0 Å². The van der Waals surface area contributed by atoms with Crippen molar-refractivity contribution in [3.05, 3.63) is 84.2 Å². The average molecular weight is 424 g/mol. The molecule has 0 amide bonds. The summed E-state index contributed by atoms with van der Waals surface area (Å²) in [5.74, 6) is 0. The second-order valence-electron chi connectivity index (χ2n) is 9.45. The Morgan fingerprint density at radius 3 is 2.56 bits per heavy atom. The number of aryl methyl sites for hydroxylation is 2. The summed E-state index contributed by atoms with van der Waals surface area (Å²) in [6, 6.07) is 20.3. The highest BCUT2D eigenvalue weighted by Gasteiger charge is 2.21. The van der Waals surface area contributed by atoms with Gasteiger partial charge in [0.05, 0.1) is 11.3 Å². The number of furan rings is 1. The van der Waals surface area contributed by atoms with E-state index in [2.05, 4.69) is 40.7 Å². The Kier molecular flexibility index (Phi) is 4.31. The van der Waals surface area contributed by atoms with E-state index >= 15 is 0 Å². The Hall–Kier alpha value is -3.46. The molecule has 5 rings (SSSR count). The first kappa shape index (κ1) is 18.1. The number of hydrogen-bond acceptors (Lipinski definition) is 2. The molecule has 0 radical (unpaired) electrons. The van der Waals surface area contributed by atoms with Gasteiger partial charge in [0.2, 0.25) is 5.69 Å². The van der Waals surface area contributed by atoms with Crippen molar-refractivity contribution >= 4 is 21.9 Å². The zero-order chi connectivity index (χ0) is 24.3. The van der Waals surface area contributed by atoms with Gasteiger partial charge in [-0.25, -0.2) is 4.57 Å². The third-order valence-electron chi connectivity index (χ3n) is 5.74. The molecular weight excluding hydrogens is 392 g/mol. The Balaban J connectivity index is 1.64. The van der Waals surface area contributed by atoms with Gasteiger partial charge in [-0.2, -0.15) is 0 Å². The highest BCUT2D eigenvalue weighted by molar-refractivity contribution is 6.09. The van der Waals surface area contributed by atoms with Crippen molar-refractivity contribution in [3.8, 4) is 22.5 Å². The Bertz CT molecular complexity index is 1530. The van der Waals surface area contributed by atoms with Crippen molar-refractivity contribution in [2.24, 2.45) is 12.5 Å². The van der Waals surface area contributed by atoms with Gasteiger partial charge in [0.25, 0.3) is 0 Å². The second kappa shape index (κ2) is 7.59. The summed E-state index contributed by atoms with van der Waals surface area (Å²) in [5.41, 5.74) is 6.87. The molecule has 3 nitrogen and oxygen atoms in total. The third kappa shape index (κ3) is 3.69. The van der Waals surface area contributed by atoms with Gasteiger partial charge in [-0.05, 0) is 42.0 Å². The normalized spacial score (nSPS) is 13.4. The average Bonchev–Trinajstić information content (AvgIpc) is 3.17. The minimum Gasteiger partial charge on any atom is -0.455 e. The lowest BCUT2D eigenvalue weighted by atomic mass is 9.89. The Labute approximate surface area is 192 Å². The number of rotatable bonds is 3. The minimum absolute atomic E-state index is 0.521. The minimum atomic E-state index is -1.47. The summed E-state index contributed by atoms with van der Waals surface area (Å²) in [6.07, 6.45) is 2.23. The van der Waals surface area contributed by atoms with Crippen LogP contribution >= 0.6 is 0 Å². The molecule has 2 aromatic carbocycles. The molecule has 5 aromatic rings. The van der Waals surface area contributed by atoms with Crippen molar-refractivity contribution in [1.82, 2.24) is 4.98 Å². The summed E-state index contributed by atoms with van der Waals surface area (Å²) in [7, 11) is 2.04. The van der Waals surface area contributed by atoms with E-state index in [-0.39, 0.29) is 0 Å². The van der Waals surface area contributed by atoms with E-state index in [1.807, 2.05) is 70.4 Å². The van der Waals surface area contributed by atoms with Crippen LogP contribution in [0.5, 0.6) is 0 Å². The van der Waals surface area contributed by atoms with Crippen LogP contribution in [-0.2, 0) is 13.4 Å². The predicted octanol–water partition coefficient (Wildman–Crippen LogP) is 7.04. The van der Waals surface area contributed by atoms with Gasteiger partial charge in [-0.3, -0.25) is 4.98 Å². The molecule has 32 heavy (non-hydrogen) atoms. The molecule has 3 heterocycles. The molecule has 0 aliphatic carbocycles. The van der Waals surface area contributed by atoms with Crippen LogP contribution in [-0.4, -0.2) is 4.98 Å². The van der Waals surface area contributed by atoms with Gasteiger partial charge in [0.15, 0.2) is 6.20 Å². The zero-order valence-electron chi connectivity index (χ0n) is 21.2. The molecule has 0 saturated carbocycles. The number of hydrogen-bond donors (Lipinski definition) is 0. The van der Waals surface area contributed by atoms with Crippen molar-refractivity contribution in [2.45, 2.75) is 34.1 Å². The summed E-state index contributed by atoms with van der Waals surface area (Å²) in [5, 5.41) is 2.22. The zero-order valence-corrected chi connectivity index (χ0v) is 19.2. The lowest BCUT2D eigenvalue weighted by molar-refractivity contribution is -0.660. The van der Waals surface area contributed by atoms with Crippen LogP contribution < -0.4 is 4.57 Å². The monoisotopic (exact) mass is 423 g/mol. The topological polar surface area (TPSA) is 29.9 Å². The van der Waals surface area contributed by atoms with Crippen molar-refractivity contribution < 1.29 is 11.7 Å². The van der Waals surface area contributed by atoms with Crippen LogP contribution in [0.3, 0.4) is 0 Å². The van der Waals surface area contributed by atoms with Gasteiger partial charge in [-0.15, -0.1) is 0 Å². The molecule has 0 aliphatic heterocycles. The number of fused-ring (bicyclic) bond motifs is 3. The molecule has 160 valence electrons. The van der Waals surface area contributed by atoms with Gasteiger partial charge >= 0.3 is 0 Å². The Morgan fingerprint density at radius 2 is 1.81 bits per heavy atom. The fraction of sp³-hybridized carbons (Fsp3) is 0.241. The van der Waals surface area contributed by atoms with E-state index in [9.17, 15) is 0 Å². The molecule has 0 atom stereocenters. The van der Waals surface area contributed by atoms with E-state index in [1.165, 1.54) is 0 Å². The summed E-state index contributed by atoms with van der Waals surface area (Å²) in [4.78, 5) is 4.64. The van der Waals surface area contributed by atoms with Crippen LogP contribution in [0.1, 0.15) is 34.6 Å². The highest BCUT2D eigenvalue weighted by Crippen LogP contribution is 2.37. The fourth-order valence-corrected chi connectivity index (χ4v) is 4.25. The van der Waals surface area contributed by atoms with Crippen molar-refractivity contribution in [2.75, 3.05) is 0 Å². The van der Waals surface area contributed by atoms with Gasteiger partial charge in [0, 0.05) is 37.4 Å². The molecule has 3 aromatic heterocycles. The molecule has 0 fully saturated rings. The number of nitrogens with zero attached hydrogens (tertiary/aromatic N) is 2. The highest BCUT2D eigenvalue weighted by atomic mass is 16.3. The van der Waals surface area contributed by atoms with Crippen molar-refractivity contribution in [1.29, 1.82) is 0 Å².